The van der Waals surface area contributed by atoms with Crippen LogP contribution in [0.15, 0.2) is 78.6 Å². The van der Waals surface area contributed by atoms with E-state index in [0.717, 1.165) is 0 Å². The van der Waals surface area contributed by atoms with E-state index in [4.69, 9.17) is 9.47 Å². The first kappa shape index (κ1) is 26.6. The highest BCUT2D eigenvalue weighted by Gasteiger charge is 2.46. The van der Waals surface area contributed by atoms with Crippen molar-refractivity contribution < 1.29 is 29.0 Å². The topological polar surface area (TPSA) is 106 Å². The van der Waals surface area contributed by atoms with E-state index in [1.54, 1.807) is 80.0 Å². The Morgan fingerprint density at radius 2 is 1.74 bits per heavy atom. The second-order valence-electron chi connectivity index (χ2n) is 9.36. The van der Waals surface area contributed by atoms with Crippen LogP contribution in [0, 0.1) is 5.92 Å². The van der Waals surface area contributed by atoms with Gasteiger partial charge in [0.1, 0.15) is 11.5 Å². The number of amides is 1. The summed E-state index contributed by atoms with van der Waals surface area (Å²) in [5.74, 6) is -1.35. The highest BCUT2D eigenvalue weighted by atomic mass is 16.5. The molecule has 2 heterocycles. The molecule has 1 amide bonds. The number of aromatic nitrogens is 1. The third-order valence-electron chi connectivity index (χ3n) is 6.07. The molecule has 3 aromatic rings. The van der Waals surface area contributed by atoms with Gasteiger partial charge in [-0.05, 0) is 60.4 Å². The Morgan fingerprint density at radius 1 is 1.03 bits per heavy atom. The number of hydrogen-bond donors (Lipinski definition) is 1. The predicted molar refractivity (Wildman–Crippen MR) is 141 cm³/mol. The second-order valence-corrected chi connectivity index (χ2v) is 9.36. The smallest absolute Gasteiger partial charge is 0.338 e. The van der Waals surface area contributed by atoms with Gasteiger partial charge in [-0.2, -0.15) is 0 Å². The maximum Gasteiger partial charge on any atom is 0.338 e. The Hall–Kier alpha value is -4.46. The van der Waals surface area contributed by atoms with Crippen molar-refractivity contribution in [1.29, 1.82) is 0 Å². The van der Waals surface area contributed by atoms with Crippen LogP contribution < -0.4 is 4.74 Å². The fourth-order valence-corrected chi connectivity index (χ4v) is 4.24. The number of benzene rings is 2. The number of Topliss-reactive ketones (excluding diaryl/α,β-unsaturated/α-hetero) is 1. The van der Waals surface area contributed by atoms with Crippen molar-refractivity contribution in [2.24, 2.45) is 5.92 Å². The van der Waals surface area contributed by atoms with Gasteiger partial charge in [0.05, 0.1) is 30.4 Å². The molecule has 0 spiro atoms. The van der Waals surface area contributed by atoms with Crippen LogP contribution in [0.4, 0.5) is 0 Å². The maximum atomic E-state index is 13.3. The normalized spacial score (nSPS) is 16.6. The summed E-state index contributed by atoms with van der Waals surface area (Å²) >= 11 is 0. The number of aliphatic hydroxyl groups is 1. The number of ketones is 1. The van der Waals surface area contributed by atoms with Gasteiger partial charge in [0, 0.05) is 24.5 Å². The van der Waals surface area contributed by atoms with Gasteiger partial charge >= 0.3 is 5.97 Å². The molecular weight excluding hydrogens is 484 g/mol. The minimum absolute atomic E-state index is 0.00893. The molecule has 8 heteroatoms. The van der Waals surface area contributed by atoms with Gasteiger partial charge in [-0.15, -0.1) is 0 Å². The molecule has 0 aliphatic carbocycles. The Labute approximate surface area is 221 Å². The maximum absolute atomic E-state index is 13.3. The van der Waals surface area contributed by atoms with Crippen molar-refractivity contribution in [3.8, 4) is 5.75 Å². The summed E-state index contributed by atoms with van der Waals surface area (Å²) in [6.45, 7) is 6.66. The van der Waals surface area contributed by atoms with Gasteiger partial charge in [0.25, 0.3) is 11.7 Å². The summed E-state index contributed by atoms with van der Waals surface area (Å²) in [4.78, 5) is 44.0. The lowest BCUT2D eigenvalue weighted by atomic mass is 9.95. The summed E-state index contributed by atoms with van der Waals surface area (Å²) in [7, 11) is 0. The van der Waals surface area contributed by atoms with Crippen LogP contribution in [0.1, 0.15) is 53.9 Å². The fourth-order valence-electron chi connectivity index (χ4n) is 4.24. The van der Waals surface area contributed by atoms with Gasteiger partial charge in [0.15, 0.2) is 0 Å². The Morgan fingerprint density at radius 3 is 2.39 bits per heavy atom. The van der Waals surface area contributed by atoms with Crippen LogP contribution in [0.3, 0.4) is 0 Å². The summed E-state index contributed by atoms with van der Waals surface area (Å²) in [6, 6.07) is 16.1. The zero-order valence-corrected chi connectivity index (χ0v) is 21.6. The molecular formula is C30H30N2O6. The molecule has 1 saturated heterocycles. The molecule has 1 aliphatic rings. The standard InChI is InChI=1S/C30H30N2O6/c1-4-37-30(36)22-10-8-20(9-11-22)17-32-26(21-12-14-31-15-13-21)25(28(34)29(32)35)27(33)23-6-5-7-24(16-23)38-18-19(2)3/h5-16,19,26,33H,4,17-18H2,1-3H3/b27-25+. The Kier molecular flexibility index (Phi) is 8.21. The van der Waals surface area contributed by atoms with Gasteiger partial charge in [-0.3, -0.25) is 14.6 Å². The summed E-state index contributed by atoms with van der Waals surface area (Å²) in [5, 5.41) is 11.3. The Bertz CT molecular complexity index is 1350. The van der Waals surface area contributed by atoms with Crippen molar-refractivity contribution in [2.75, 3.05) is 13.2 Å². The lowest BCUT2D eigenvalue weighted by molar-refractivity contribution is -0.140. The predicted octanol–water partition coefficient (Wildman–Crippen LogP) is 4.92. The number of aliphatic hydroxyl groups excluding tert-OH is 1. The number of carbonyl (C=O) groups excluding carboxylic acids is 3. The third-order valence-corrected chi connectivity index (χ3v) is 6.07. The summed E-state index contributed by atoms with van der Waals surface area (Å²) < 4.78 is 10.8. The van der Waals surface area contributed by atoms with E-state index in [-0.39, 0.29) is 24.5 Å². The van der Waals surface area contributed by atoms with Crippen LogP contribution in [0.25, 0.3) is 5.76 Å². The van der Waals surface area contributed by atoms with Crippen LogP contribution in [0.5, 0.6) is 5.75 Å². The number of carbonyl (C=O) groups is 3. The van der Waals surface area contributed by atoms with E-state index in [0.29, 0.717) is 40.5 Å². The molecule has 8 nitrogen and oxygen atoms in total. The third kappa shape index (κ3) is 5.75. The highest BCUT2D eigenvalue weighted by molar-refractivity contribution is 6.46. The van der Waals surface area contributed by atoms with Crippen molar-refractivity contribution in [2.45, 2.75) is 33.4 Å². The summed E-state index contributed by atoms with van der Waals surface area (Å²) in [6.07, 6.45) is 3.15. The molecule has 1 N–H and O–H groups in total. The zero-order valence-electron chi connectivity index (χ0n) is 21.6. The van der Waals surface area contributed by atoms with Gasteiger partial charge in [0.2, 0.25) is 0 Å². The Balaban J connectivity index is 1.72. The van der Waals surface area contributed by atoms with Crippen LogP contribution >= 0.6 is 0 Å². The summed E-state index contributed by atoms with van der Waals surface area (Å²) in [5.41, 5.74) is 2.11. The largest absolute Gasteiger partial charge is 0.507 e. The molecule has 0 bridgehead atoms. The van der Waals surface area contributed by atoms with Crippen molar-refractivity contribution >= 4 is 23.4 Å². The number of nitrogens with zero attached hydrogens (tertiary/aromatic N) is 2. The minimum atomic E-state index is -0.831. The lowest BCUT2D eigenvalue weighted by Crippen LogP contribution is -2.29. The van der Waals surface area contributed by atoms with Crippen LogP contribution in [-0.4, -0.2) is 45.9 Å². The van der Waals surface area contributed by atoms with Crippen molar-refractivity contribution in [3.63, 3.8) is 0 Å². The zero-order chi connectivity index (χ0) is 27.2. The van der Waals surface area contributed by atoms with Gasteiger partial charge in [-0.1, -0.05) is 38.1 Å². The van der Waals surface area contributed by atoms with Gasteiger partial charge in [-0.25, -0.2) is 4.79 Å². The molecule has 0 radical (unpaired) electrons. The first-order valence-corrected chi connectivity index (χ1v) is 12.5. The van der Waals surface area contributed by atoms with Gasteiger partial charge < -0.3 is 19.5 Å². The lowest BCUT2D eigenvalue weighted by Gasteiger charge is -2.25. The molecule has 38 heavy (non-hydrogen) atoms. The van der Waals surface area contributed by atoms with Crippen LogP contribution in [0.2, 0.25) is 0 Å². The second kappa shape index (κ2) is 11.7. The van der Waals surface area contributed by atoms with E-state index in [2.05, 4.69) is 4.98 Å². The highest BCUT2D eigenvalue weighted by Crippen LogP contribution is 2.40. The quantitative estimate of drug-likeness (QED) is 0.187. The van der Waals surface area contributed by atoms with Crippen molar-refractivity contribution in [1.82, 2.24) is 9.88 Å². The number of esters is 1. The average molecular weight is 515 g/mol. The molecule has 2 aromatic carbocycles. The number of ether oxygens (including phenoxy) is 2. The monoisotopic (exact) mass is 514 g/mol. The van der Waals surface area contributed by atoms with E-state index in [1.807, 2.05) is 13.8 Å². The van der Waals surface area contributed by atoms with E-state index >= 15 is 0 Å². The van der Waals surface area contributed by atoms with E-state index in [1.165, 1.54) is 4.90 Å². The number of hydrogen-bond acceptors (Lipinski definition) is 7. The first-order chi connectivity index (χ1) is 18.3. The minimum Gasteiger partial charge on any atom is -0.507 e. The van der Waals surface area contributed by atoms with E-state index < -0.39 is 23.7 Å². The molecule has 1 unspecified atom stereocenters. The molecule has 1 aliphatic heterocycles. The molecule has 0 saturated carbocycles. The molecule has 1 aromatic heterocycles. The molecule has 196 valence electrons. The molecule has 1 fully saturated rings. The molecule has 1 atom stereocenters. The number of rotatable bonds is 9. The van der Waals surface area contributed by atoms with E-state index in [9.17, 15) is 19.5 Å². The molecule has 4 rings (SSSR count). The number of likely N-dealkylation sites (tertiary alicyclic amines) is 1. The van der Waals surface area contributed by atoms with Crippen LogP contribution in [-0.2, 0) is 20.9 Å². The SMILES string of the molecule is CCOC(=O)c1ccc(CN2C(=O)C(=O)/C(=C(/O)c3cccc(OCC(C)C)c3)C2c2ccncc2)cc1. The van der Waals surface area contributed by atoms with Crippen molar-refractivity contribution in [3.05, 3.63) is 101 Å². The fraction of sp³-hybridized carbons (Fsp3) is 0.267. The number of pyridine rings is 1. The first-order valence-electron chi connectivity index (χ1n) is 12.5. The average Bonchev–Trinajstić information content (AvgIpc) is 3.17.